The Balaban J connectivity index is 2.23. The van der Waals surface area contributed by atoms with Gasteiger partial charge in [0.1, 0.15) is 5.82 Å². The van der Waals surface area contributed by atoms with E-state index >= 15 is 0 Å². The molecule has 0 aromatic heterocycles. The molecule has 0 atom stereocenters. The van der Waals surface area contributed by atoms with Crippen LogP contribution in [0.4, 0.5) is 21.5 Å². The van der Waals surface area contributed by atoms with Crippen LogP contribution in [-0.2, 0) is 0 Å². The second kappa shape index (κ2) is 5.58. The second-order valence-corrected chi connectivity index (χ2v) is 4.45. The molecule has 0 unspecified atom stereocenters. The summed E-state index contributed by atoms with van der Waals surface area (Å²) in [4.78, 5) is 22.1. The highest BCUT2D eigenvalue weighted by Crippen LogP contribution is 2.22. The first kappa shape index (κ1) is 14.4. The molecule has 0 radical (unpaired) electrons. The number of hydrogen-bond acceptors (Lipinski definition) is 4. The Morgan fingerprint density at radius 1 is 1.29 bits per heavy atom. The van der Waals surface area contributed by atoms with Crippen molar-refractivity contribution in [3.63, 3.8) is 0 Å². The first-order valence-corrected chi connectivity index (χ1v) is 6.00. The number of aryl methyl sites for hydroxylation is 1. The minimum absolute atomic E-state index is 0.0494. The fraction of sp³-hybridized carbons (Fsp3) is 0.0714. The lowest BCUT2D eigenvalue weighted by Gasteiger charge is -2.07. The third kappa shape index (κ3) is 3.14. The van der Waals surface area contributed by atoms with E-state index in [1.165, 1.54) is 30.3 Å². The van der Waals surface area contributed by atoms with Gasteiger partial charge in [0, 0.05) is 23.0 Å². The van der Waals surface area contributed by atoms with Gasteiger partial charge >= 0.3 is 0 Å². The number of carbonyl (C=O) groups excluding carboxylic acids is 1. The SMILES string of the molecule is Cc1cc(NC(=O)c2ccc(N)cc2F)ccc1[N+](=O)[O-]. The summed E-state index contributed by atoms with van der Waals surface area (Å²) in [6.45, 7) is 1.55. The zero-order valence-corrected chi connectivity index (χ0v) is 11.1. The average molecular weight is 289 g/mol. The molecule has 7 heteroatoms. The van der Waals surface area contributed by atoms with Crippen molar-refractivity contribution < 1.29 is 14.1 Å². The highest BCUT2D eigenvalue weighted by Gasteiger charge is 2.14. The van der Waals surface area contributed by atoms with Crippen molar-refractivity contribution in [2.75, 3.05) is 11.1 Å². The maximum Gasteiger partial charge on any atom is 0.272 e. The van der Waals surface area contributed by atoms with E-state index in [9.17, 15) is 19.3 Å². The summed E-state index contributed by atoms with van der Waals surface area (Å²) in [5.74, 6) is -1.38. The number of hydrogen-bond donors (Lipinski definition) is 2. The second-order valence-electron chi connectivity index (χ2n) is 4.45. The van der Waals surface area contributed by atoms with Gasteiger partial charge in [-0.2, -0.15) is 0 Å². The fourth-order valence-electron chi connectivity index (χ4n) is 1.85. The Bertz CT molecular complexity index is 731. The quantitative estimate of drug-likeness (QED) is 0.515. The highest BCUT2D eigenvalue weighted by atomic mass is 19.1. The van der Waals surface area contributed by atoms with Crippen molar-refractivity contribution in [3.05, 3.63) is 63.5 Å². The van der Waals surface area contributed by atoms with Crippen molar-refractivity contribution in [2.24, 2.45) is 0 Å². The van der Waals surface area contributed by atoms with Gasteiger partial charge in [-0.1, -0.05) is 0 Å². The molecule has 1 amide bonds. The monoisotopic (exact) mass is 289 g/mol. The number of halogens is 1. The Morgan fingerprint density at radius 2 is 2.00 bits per heavy atom. The minimum Gasteiger partial charge on any atom is -0.399 e. The van der Waals surface area contributed by atoms with Crippen molar-refractivity contribution >= 4 is 23.0 Å². The van der Waals surface area contributed by atoms with Crippen LogP contribution in [0.1, 0.15) is 15.9 Å². The fourth-order valence-corrected chi connectivity index (χ4v) is 1.85. The van der Waals surface area contributed by atoms with E-state index in [0.29, 0.717) is 11.3 Å². The summed E-state index contributed by atoms with van der Waals surface area (Å²) in [6, 6.07) is 7.86. The molecule has 0 fully saturated rings. The molecule has 108 valence electrons. The molecule has 0 heterocycles. The summed E-state index contributed by atoms with van der Waals surface area (Å²) in [6.07, 6.45) is 0. The Kier molecular flexibility index (Phi) is 3.84. The van der Waals surface area contributed by atoms with E-state index < -0.39 is 16.6 Å². The van der Waals surface area contributed by atoms with E-state index in [0.717, 1.165) is 6.07 Å². The zero-order chi connectivity index (χ0) is 15.6. The normalized spacial score (nSPS) is 10.2. The van der Waals surface area contributed by atoms with Crippen molar-refractivity contribution in [2.45, 2.75) is 6.92 Å². The van der Waals surface area contributed by atoms with Gasteiger partial charge in [0.15, 0.2) is 0 Å². The third-order valence-electron chi connectivity index (χ3n) is 2.89. The molecule has 0 bridgehead atoms. The Hall–Kier alpha value is -2.96. The molecule has 2 aromatic rings. The lowest BCUT2D eigenvalue weighted by molar-refractivity contribution is -0.385. The molecule has 2 aromatic carbocycles. The first-order chi connectivity index (χ1) is 9.88. The molecule has 6 nitrogen and oxygen atoms in total. The summed E-state index contributed by atoms with van der Waals surface area (Å²) < 4.78 is 13.6. The molecule has 0 aliphatic heterocycles. The van der Waals surface area contributed by atoms with E-state index in [4.69, 9.17) is 5.73 Å². The van der Waals surface area contributed by atoms with Gasteiger partial charge < -0.3 is 11.1 Å². The van der Waals surface area contributed by atoms with Crippen molar-refractivity contribution in [1.29, 1.82) is 0 Å². The van der Waals surface area contributed by atoms with Gasteiger partial charge in [0.05, 0.1) is 10.5 Å². The highest BCUT2D eigenvalue weighted by molar-refractivity contribution is 6.04. The van der Waals surface area contributed by atoms with Crippen LogP contribution in [0.2, 0.25) is 0 Å². The number of nitrogen functional groups attached to an aromatic ring is 1. The van der Waals surface area contributed by atoms with Crippen LogP contribution < -0.4 is 11.1 Å². The van der Waals surface area contributed by atoms with Crippen LogP contribution in [0.15, 0.2) is 36.4 Å². The summed E-state index contributed by atoms with van der Waals surface area (Å²) in [5.41, 5.74) is 6.17. The van der Waals surface area contributed by atoms with E-state index in [1.54, 1.807) is 6.92 Å². The van der Waals surface area contributed by atoms with E-state index in [-0.39, 0.29) is 16.9 Å². The van der Waals surface area contributed by atoms with E-state index in [2.05, 4.69) is 5.32 Å². The van der Waals surface area contributed by atoms with Crippen molar-refractivity contribution in [3.8, 4) is 0 Å². The molecular weight excluding hydrogens is 277 g/mol. The molecule has 21 heavy (non-hydrogen) atoms. The van der Waals surface area contributed by atoms with Gasteiger partial charge in [-0.3, -0.25) is 14.9 Å². The van der Waals surface area contributed by atoms with Crippen LogP contribution >= 0.6 is 0 Å². The molecule has 3 N–H and O–H groups in total. The van der Waals surface area contributed by atoms with Crippen molar-refractivity contribution in [1.82, 2.24) is 0 Å². The van der Waals surface area contributed by atoms with Crippen LogP contribution in [0.25, 0.3) is 0 Å². The number of anilines is 2. The number of nitro benzene ring substituents is 1. The standard InChI is InChI=1S/C14H12FN3O3/c1-8-6-10(3-5-13(8)18(20)21)17-14(19)11-4-2-9(16)7-12(11)15/h2-7H,16H2,1H3,(H,17,19). The maximum atomic E-state index is 13.6. The number of rotatable bonds is 3. The summed E-state index contributed by atoms with van der Waals surface area (Å²) >= 11 is 0. The van der Waals surface area contributed by atoms with Gasteiger partial charge in [0.25, 0.3) is 11.6 Å². The number of amides is 1. The predicted molar refractivity (Wildman–Crippen MR) is 76.6 cm³/mol. The minimum atomic E-state index is -0.730. The number of benzene rings is 2. The average Bonchev–Trinajstić information content (AvgIpc) is 2.37. The van der Waals surface area contributed by atoms with Gasteiger partial charge in [-0.05, 0) is 37.3 Å². The lowest BCUT2D eigenvalue weighted by Crippen LogP contribution is -2.14. The third-order valence-corrected chi connectivity index (χ3v) is 2.89. The summed E-state index contributed by atoms with van der Waals surface area (Å²) in [5, 5.41) is 13.2. The number of nitro groups is 1. The number of nitrogens with two attached hydrogens (primary N) is 1. The van der Waals surface area contributed by atoms with Crippen LogP contribution in [-0.4, -0.2) is 10.8 Å². The zero-order valence-electron chi connectivity index (χ0n) is 11.1. The smallest absolute Gasteiger partial charge is 0.272 e. The molecule has 0 aliphatic carbocycles. The molecule has 0 spiro atoms. The Labute approximate surface area is 119 Å². The number of nitrogens with one attached hydrogen (secondary N) is 1. The van der Waals surface area contributed by atoms with Gasteiger partial charge in [-0.25, -0.2) is 4.39 Å². The number of carbonyl (C=O) groups is 1. The molecule has 0 saturated heterocycles. The summed E-state index contributed by atoms with van der Waals surface area (Å²) in [7, 11) is 0. The molecular formula is C14H12FN3O3. The van der Waals surface area contributed by atoms with Gasteiger partial charge in [-0.15, -0.1) is 0 Å². The van der Waals surface area contributed by atoms with Crippen LogP contribution in [0.3, 0.4) is 0 Å². The van der Waals surface area contributed by atoms with Gasteiger partial charge in [0.2, 0.25) is 0 Å². The maximum absolute atomic E-state index is 13.6. The number of nitrogens with zero attached hydrogens (tertiary/aromatic N) is 1. The largest absolute Gasteiger partial charge is 0.399 e. The first-order valence-electron chi connectivity index (χ1n) is 6.00. The molecule has 0 saturated carbocycles. The molecule has 0 aliphatic rings. The topological polar surface area (TPSA) is 98.3 Å². The lowest BCUT2D eigenvalue weighted by atomic mass is 10.1. The predicted octanol–water partition coefficient (Wildman–Crippen LogP) is 2.88. The molecule has 2 rings (SSSR count). The Morgan fingerprint density at radius 3 is 2.57 bits per heavy atom. The van der Waals surface area contributed by atoms with E-state index in [1.807, 2.05) is 0 Å². The van der Waals surface area contributed by atoms with Crippen LogP contribution in [0.5, 0.6) is 0 Å². The van der Waals surface area contributed by atoms with Crippen LogP contribution in [0, 0.1) is 22.9 Å².